The van der Waals surface area contributed by atoms with Gasteiger partial charge in [0.05, 0.1) is 0 Å². The first kappa shape index (κ1) is 20.8. The van der Waals surface area contributed by atoms with Gasteiger partial charge in [0.15, 0.2) is 11.4 Å². The van der Waals surface area contributed by atoms with E-state index in [0.29, 0.717) is 19.2 Å². The number of hydrogen-bond donors (Lipinski definition) is 2. The highest BCUT2D eigenvalue weighted by Crippen LogP contribution is 2.32. The van der Waals surface area contributed by atoms with Gasteiger partial charge in [0, 0.05) is 37.5 Å². The minimum atomic E-state index is -0.988. The molecule has 10 heteroatoms. The molecule has 1 saturated heterocycles. The number of rotatable bonds is 4. The zero-order valence-electron chi connectivity index (χ0n) is 17.1. The van der Waals surface area contributed by atoms with Crippen LogP contribution in [-0.4, -0.2) is 45.8 Å². The van der Waals surface area contributed by atoms with E-state index in [9.17, 15) is 28.3 Å². The van der Waals surface area contributed by atoms with E-state index in [2.05, 4.69) is 5.32 Å². The van der Waals surface area contributed by atoms with Crippen LogP contribution in [0.4, 0.5) is 8.78 Å². The van der Waals surface area contributed by atoms with Gasteiger partial charge in [-0.15, -0.1) is 0 Å². The summed E-state index contributed by atoms with van der Waals surface area (Å²) in [6, 6.07) is 2.95. The third-order valence-electron chi connectivity index (χ3n) is 5.76. The molecule has 1 fully saturated rings. The van der Waals surface area contributed by atoms with E-state index < -0.39 is 34.6 Å². The molecule has 0 unspecified atom stereocenters. The van der Waals surface area contributed by atoms with E-state index in [0.717, 1.165) is 12.5 Å². The number of carbonyl (C=O) groups excluding carboxylic acids is 2. The fourth-order valence-electron chi connectivity index (χ4n) is 4.23. The van der Waals surface area contributed by atoms with Gasteiger partial charge in [-0.3, -0.25) is 24.1 Å². The lowest BCUT2D eigenvalue weighted by molar-refractivity contribution is 0.0604. The molecule has 8 nitrogen and oxygen atoms in total. The Morgan fingerprint density at radius 1 is 1.29 bits per heavy atom. The molecule has 3 heterocycles. The monoisotopic (exact) mass is 432 g/mol. The number of nitrogens with one attached hydrogen (secondary N) is 1. The van der Waals surface area contributed by atoms with E-state index in [1.165, 1.54) is 16.9 Å². The summed E-state index contributed by atoms with van der Waals surface area (Å²) in [5.74, 6) is -3.43. The maximum Gasteiger partial charge on any atom is 0.278 e. The van der Waals surface area contributed by atoms with Crippen LogP contribution in [0.2, 0.25) is 0 Å². The molecule has 2 N–H and O–H groups in total. The van der Waals surface area contributed by atoms with Crippen molar-refractivity contribution in [1.82, 2.24) is 14.9 Å². The quantitative estimate of drug-likeness (QED) is 0.765. The summed E-state index contributed by atoms with van der Waals surface area (Å²) in [6.45, 7) is 4.56. The highest BCUT2D eigenvalue weighted by molar-refractivity contribution is 5.99. The molecular weight excluding hydrogens is 410 g/mol. The number of hydrogen-bond acceptors (Lipinski definition) is 5. The van der Waals surface area contributed by atoms with Gasteiger partial charge in [-0.25, -0.2) is 8.78 Å². The molecule has 1 aromatic heterocycles. The van der Waals surface area contributed by atoms with Crippen LogP contribution in [0.3, 0.4) is 0 Å². The Kier molecular flexibility index (Phi) is 5.16. The lowest BCUT2D eigenvalue weighted by atomic mass is 10.1. The first-order chi connectivity index (χ1) is 14.7. The van der Waals surface area contributed by atoms with E-state index >= 15 is 0 Å². The van der Waals surface area contributed by atoms with Crippen molar-refractivity contribution in [3.05, 3.63) is 63.1 Å². The number of carbonyl (C=O) groups is 2. The Morgan fingerprint density at radius 3 is 2.71 bits per heavy atom. The van der Waals surface area contributed by atoms with E-state index in [4.69, 9.17) is 0 Å². The van der Waals surface area contributed by atoms with E-state index in [1.807, 2.05) is 18.9 Å². The van der Waals surface area contributed by atoms with Crippen LogP contribution in [0, 0.1) is 17.6 Å². The number of pyridine rings is 1. The van der Waals surface area contributed by atoms with Crippen molar-refractivity contribution in [3.63, 3.8) is 0 Å². The van der Waals surface area contributed by atoms with Crippen LogP contribution in [-0.2, 0) is 6.54 Å². The average Bonchev–Trinajstić information content (AvgIpc) is 3.10. The lowest BCUT2D eigenvalue weighted by Crippen LogP contribution is -2.58. The zero-order chi connectivity index (χ0) is 22.4. The first-order valence-corrected chi connectivity index (χ1v) is 10.0. The topological polar surface area (TPSA) is 94.9 Å². The molecule has 0 bridgehead atoms. The molecule has 2 aliphatic heterocycles. The van der Waals surface area contributed by atoms with Crippen LogP contribution in [0.25, 0.3) is 0 Å². The van der Waals surface area contributed by atoms with Crippen molar-refractivity contribution < 1.29 is 23.5 Å². The summed E-state index contributed by atoms with van der Waals surface area (Å²) in [7, 11) is 0. The molecule has 2 aliphatic rings. The second-order valence-electron chi connectivity index (χ2n) is 7.87. The third-order valence-corrected chi connectivity index (χ3v) is 5.76. The molecular formula is C21H22F2N4O4. The van der Waals surface area contributed by atoms with Crippen LogP contribution in [0.5, 0.6) is 5.75 Å². The molecule has 164 valence electrons. The molecule has 2 amide bonds. The largest absolute Gasteiger partial charge is 0.502 e. The summed E-state index contributed by atoms with van der Waals surface area (Å²) in [5.41, 5.74) is -1.50. The van der Waals surface area contributed by atoms with Crippen molar-refractivity contribution in [2.75, 3.05) is 18.1 Å². The summed E-state index contributed by atoms with van der Waals surface area (Å²) in [4.78, 5) is 39.9. The molecule has 0 radical (unpaired) electrons. The standard InChI is InChI=1S/C21H22F2N4O4/c1-3-25-16-6-11(2)9-26(16)27-10-14(18(28)19(29)17(27)21(25)31)20(30)24-8-12-4-5-13(22)7-15(12)23/h4-5,7,10-11,16,29H,3,6,8-9H2,1-2H3,(H,24,30)/t11-,16-/m0/s1. The highest BCUT2D eigenvalue weighted by Gasteiger charge is 2.44. The van der Waals surface area contributed by atoms with E-state index in [-0.39, 0.29) is 35.4 Å². The van der Waals surface area contributed by atoms with Crippen molar-refractivity contribution in [3.8, 4) is 5.75 Å². The predicted octanol–water partition coefficient (Wildman–Crippen LogP) is 1.54. The normalized spacial score (nSPS) is 19.9. The smallest absolute Gasteiger partial charge is 0.278 e. The Labute approximate surface area is 176 Å². The minimum Gasteiger partial charge on any atom is -0.502 e. The van der Waals surface area contributed by atoms with Gasteiger partial charge in [0.1, 0.15) is 23.4 Å². The fraction of sp³-hybridized carbons (Fsp3) is 0.381. The number of aromatic nitrogens is 1. The van der Waals surface area contributed by atoms with E-state index in [1.54, 1.807) is 4.90 Å². The van der Waals surface area contributed by atoms with Crippen molar-refractivity contribution in [2.45, 2.75) is 33.0 Å². The number of halogens is 2. The summed E-state index contributed by atoms with van der Waals surface area (Å²) in [6.07, 6.45) is 1.71. The summed E-state index contributed by atoms with van der Waals surface area (Å²) >= 11 is 0. The molecule has 31 heavy (non-hydrogen) atoms. The SMILES string of the molecule is CCN1C(=O)c2c(O)c(=O)c(C(=O)NCc3ccc(F)cc3F)cn2N2C[C@@H](C)C[C@@H]12. The average molecular weight is 432 g/mol. The predicted molar refractivity (Wildman–Crippen MR) is 107 cm³/mol. The number of nitrogens with zero attached hydrogens (tertiary/aromatic N) is 3. The van der Waals surface area contributed by atoms with Gasteiger partial charge in [-0.05, 0) is 25.3 Å². The number of benzene rings is 1. The molecule has 1 aromatic carbocycles. The zero-order valence-corrected chi connectivity index (χ0v) is 17.1. The summed E-state index contributed by atoms with van der Waals surface area (Å²) < 4.78 is 28.3. The van der Waals surface area contributed by atoms with Gasteiger partial charge in [0.2, 0.25) is 5.43 Å². The maximum atomic E-state index is 13.8. The second kappa shape index (κ2) is 7.68. The van der Waals surface area contributed by atoms with Gasteiger partial charge in [-0.2, -0.15) is 0 Å². The molecule has 0 aliphatic carbocycles. The Hall–Kier alpha value is -3.43. The molecule has 4 rings (SSSR count). The molecule has 2 atom stereocenters. The number of fused-ring (bicyclic) bond motifs is 3. The van der Waals surface area contributed by atoms with Crippen molar-refractivity contribution in [2.24, 2.45) is 5.92 Å². The van der Waals surface area contributed by atoms with Crippen molar-refractivity contribution in [1.29, 1.82) is 0 Å². The number of amides is 2. The minimum absolute atomic E-state index is 0.0410. The van der Waals surface area contributed by atoms with Crippen LogP contribution in [0.1, 0.15) is 46.7 Å². The van der Waals surface area contributed by atoms with Gasteiger partial charge < -0.3 is 15.3 Å². The highest BCUT2D eigenvalue weighted by atomic mass is 19.1. The van der Waals surface area contributed by atoms with Gasteiger partial charge in [0.25, 0.3) is 11.8 Å². The number of aromatic hydroxyl groups is 1. The van der Waals surface area contributed by atoms with Crippen LogP contribution in [0.15, 0.2) is 29.2 Å². The maximum absolute atomic E-state index is 13.8. The van der Waals surface area contributed by atoms with Gasteiger partial charge >= 0.3 is 0 Å². The first-order valence-electron chi connectivity index (χ1n) is 10.0. The Bertz CT molecular complexity index is 1130. The van der Waals surface area contributed by atoms with Crippen LogP contribution >= 0.6 is 0 Å². The Morgan fingerprint density at radius 2 is 2.03 bits per heavy atom. The fourth-order valence-corrected chi connectivity index (χ4v) is 4.23. The molecule has 2 aromatic rings. The third kappa shape index (κ3) is 3.41. The van der Waals surface area contributed by atoms with Crippen molar-refractivity contribution >= 4 is 11.8 Å². The molecule has 0 spiro atoms. The lowest BCUT2D eigenvalue weighted by Gasteiger charge is -2.42. The summed E-state index contributed by atoms with van der Waals surface area (Å²) in [5, 5.41) is 14.8. The Balaban J connectivity index is 1.69. The van der Waals surface area contributed by atoms with Gasteiger partial charge in [-0.1, -0.05) is 13.0 Å². The second-order valence-corrected chi connectivity index (χ2v) is 7.87. The van der Waals surface area contributed by atoms with Crippen LogP contribution < -0.4 is 15.8 Å². The molecule has 0 saturated carbocycles.